The fraction of sp³-hybridized carbons (Fsp3) is 0.500. The first kappa shape index (κ1) is 20.6. The molecule has 0 saturated carbocycles. The van der Waals surface area contributed by atoms with Crippen LogP contribution in [0.25, 0.3) is 28.1 Å². The number of methoxy groups -OCH3 is 1. The first-order valence-corrected chi connectivity index (χ1v) is 11.7. The number of hydrogen-bond acceptors (Lipinski definition) is 7. The zero-order valence-electron chi connectivity index (χ0n) is 19.3. The molecule has 0 spiro atoms. The first-order chi connectivity index (χ1) is 16.1. The molecule has 172 valence electrons. The minimum atomic E-state index is 0.274. The summed E-state index contributed by atoms with van der Waals surface area (Å²) in [5, 5.41) is 4.31. The number of hydrogen-bond donors (Lipinski definition) is 1. The van der Waals surface area contributed by atoms with Crippen molar-refractivity contribution in [1.82, 2.24) is 34.4 Å². The number of H-pyrrole nitrogens is 1. The van der Waals surface area contributed by atoms with Crippen molar-refractivity contribution in [3.63, 3.8) is 0 Å². The molecule has 0 atom stereocenters. The number of aromatic amines is 1. The van der Waals surface area contributed by atoms with Crippen molar-refractivity contribution in [2.75, 3.05) is 33.4 Å². The van der Waals surface area contributed by atoms with Crippen LogP contribution < -0.4 is 4.74 Å². The van der Waals surface area contributed by atoms with Crippen LogP contribution in [0, 0.1) is 0 Å². The fourth-order valence-corrected chi connectivity index (χ4v) is 5.15. The van der Waals surface area contributed by atoms with E-state index < -0.39 is 0 Å². The van der Waals surface area contributed by atoms with Gasteiger partial charge in [0.15, 0.2) is 17.0 Å². The lowest BCUT2D eigenvalue weighted by Gasteiger charge is -2.41. The molecule has 2 aliphatic rings. The normalized spacial score (nSPS) is 18.4. The van der Waals surface area contributed by atoms with Gasteiger partial charge in [0.1, 0.15) is 11.8 Å². The summed E-state index contributed by atoms with van der Waals surface area (Å²) in [4.78, 5) is 20.3. The number of likely N-dealkylation sites (tertiary alicyclic amines) is 1. The molecular formula is C24H29N7O2. The highest BCUT2D eigenvalue weighted by molar-refractivity contribution is 5.86. The van der Waals surface area contributed by atoms with Crippen LogP contribution in [0.4, 0.5) is 0 Å². The van der Waals surface area contributed by atoms with Crippen molar-refractivity contribution in [3.8, 4) is 17.0 Å². The number of piperidine rings is 1. The van der Waals surface area contributed by atoms with Crippen LogP contribution >= 0.6 is 0 Å². The Hall–Kier alpha value is -3.04. The smallest absolute Gasteiger partial charge is 0.197 e. The Bertz CT molecular complexity index is 1300. The Kier molecular flexibility index (Phi) is 5.03. The van der Waals surface area contributed by atoms with E-state index in [-0.39, 0.29) is 5.92 Å². The third-order valence-corrected chi connectivity index (χ3v) is 7.07. The minimum absolute atomic E-state index is 0.274. The first-order valence-electron chi connectivity index (χ1n) is 11.7. The Morgan fingerprint density at radius 3 is 2.70 bits per heavy atom. The van der Waals surface area contributed by atoms with Gasteiger partial charge in [-0.1, -0.05) is 13.8 Å². The maximum Gasteiger partial charge on any atom is 0.197 e. The van der Waals surface area contributed by atoms with Crippen molar-refractivity contribution >= 4 is 16.8 Å². The highest BCUT2D eigenvalue weighted by Crippen LogP contribution is 2.37. The van der Waals surface area contributed by atoms with Gasteiger partial charge in [0, 0.05) is 23.2 Å². The third-order valence-electron chi connectivity index (χ3n) is 7.07. The molecule has 0 unspecified atom stereocenters. The molecule has 0 amide bonds. The average Bonchev–Trinajstić information content (AvgIpc) is 3.41. The number of fused-ring (bicyclic) bond motifs is 2. The maximum absolute atomic E-state index is 5.58. The summed E-state index contributed by atoms with van der Waals surface area (Å²) in [6, 6.07) is 2.61. The van der Waals surface area contributed by atoms with Crippen molar-refractivity contribution in [2.24, 2.45) is 0 Å². The van der Waals surface area contributed by atoms with Gasteiger partial charge in [-0.3, -0.25) is 4.90 Å². The Labute approximate surface area is 192 Å². The topological polar surface area (TPSA) is 93.5 Å². The molecule has 4 aromatic heterocycles. The van der Waals surface area contributed by atoms with Crippen molar-refractivity contribution < 1.29 is 9.47 Å². The van der Waals surface area contributed by atoms with Gasteiger partial charge in [-0.05, 0) is 37.9 Å². The predicted octanol–water partition coefficient (Wildman–Crippen LogP) is 3.38. The molecule has 0 radical (unpaired) electrons. The summed E-state index contributed by atoms with van der Waals surface area (Å²) in [5.41, 5.74) is 6.73. The van der Waals surface area contributed by atoms with Crippen LogP contribution in [0.5, 0.6) is 5.75 Å². The molecule has 0 aromatic carbocycles. The van der Waals surface area contributed by atoms with E-state index in [1.54, 1.807) is 11.6 Å². The van der Waals surface area contributed by atoms with Crippen LogP contribution in [0.3, 0.4) is 0 Å². The molecule has 6 rings (SSSR count). The highest BCUT2D eigenvalue weighted by atomic mass is 16.5. The van der Waals surface area contributed by atoms with Crippen molar-refractivity contribution in [3.05, 3.63) is 36.0 Å². The largest absolute Gasteiger partial charge is 0.493 e. The standard InChI is InChI=1S/C24H29N7O2/c1-14(2)20-21(16-8-19(32-3)24-26-13-27-31(24)10-16)29-23-22(20)28-18(9-25-23)15-4-6-30(7-5-15)17-11-33-12-17/h8-10,13-15,17H,4-7,11-12H2,1-3H3,(H,25,29). The van der Waals surface area contributed by atoms with Gasteiger partial charge >= 0.3 is 0 Å². The number of aromatic nitrogens is 6. The SMILES string of the molecule is COc1cc(-c2[nH]c3ncc(C4CCN(C5COC5)CC4)nc3c2C(C)C)cn2ncnc12. The van der Waals surface area contributed by atoms with Gasteiger partial charge in [-0.25, -0.2) is 19.5 Å². The zero-order valence-corrected chi connectivity index (χ0v) is 19.3. The van der Waals surface area contributed by atoms with Crippen molar-refractivity contribution in [1.29, 1.82) is 0 Å². The van der Waals surface area contributed by atoms with Gasteiger partial charge < -0.3 is 14.5 Å². The van der Waals surface area contributed by atoms with E-state index in [0.29, 0.717) is 23.4 Å². The Balaban J connectivity index is 1.38. The second-order valence-electron chi connectivity index (χ2n) is 9.39. The van der Waals surface area contributed by atoms with Gasteiger partial charge in [-0.2, -0.15) is 5.10 Å². The molecule has 9 nitrogen and oxygen atoms in total. The van der Waals surface area contributed by atoms with E-state index >= 15 is 0 Å². The molecule has 2 fully saturated rings. The zero-order chi connectivity index (χ0) is 22.5. The fourth-order valence-electron chi connectivity index (χ4n) is 5.15. The van der Waals surface area contributed by atoms with E-state index in [1.807, 2.05) is 18.5 Å². The van der Waals surface area contributed by atoms with Gasteiger partial charge in [0.2, 0.25) is 0 Å². The second kappa shape index (κ2) is 8.07. The maximum atomic E-state index is 5.58. The number of nitrogens with zero attached hydrogens (tertiary/aromatic N) is 6. The Morgan fingerprint density at radius 1 is 1.18 bits per heavy atom. The predicted molar refractivity (Wildman–Crippen MR) is 125 cm³/mol. The van der Waals surface area contributed by atoms with Crippen LogP contribution in [0.2, 0.25) is 0 Å². The molecule has 4 aromatic rings. The van der Waals surface area contributed by atoms with Crippen molar-refractivity contribution in [2.45, 2.75) is 44.6 Å². The molecule has 9 heteroatoms. The number of pyridine rings is 1. The Morgan fingerprint density at radius 2 is 2.00 bits per heavy atom. The second-order valence-corrected chi connectivity index (χ2v) is 9.39. The van der Waals surface area contributed by atoms with E-state index in [2.05, 4.69) is 33.8 Å². The highest BCUT2D eigenvalue weighted by Gasteiger charge is 2.31. The van der Waals surface area contributed by atoms with Gasteiger partial charge in [-0.15, -0.1) is 0 Å². The van der Waals surface area contributed by atoms with E-state index in [4.69, 9.17) is 19.4 Å². The number of rotatable bonds is 5. The monoisotopic (exact) mass is 447 g/mol. The number of ether oxygens (including phenoxy) is 2. The van der Waals surface area contributed by atoms with Crippen LogP contribution in [-0.2, 0) is 4.74 Å². The summed E-state index contributed by atoms with van der Waals surface area (Å²) >= 11 is 0. The molecule has 0 bridgehead atoms. The quantitative estimate of drug-likeness (QED) is 0.501. The van der Waals surface area contributed by atoms with E-state index in [0.717, 1.165) is 67.3 Å². The van der Waals surface area contributed by atoms with Crippen LogP contribution in [0.1, 0.15) is 49.8 Å². The summed E-state index contributed by atoms with van der Waals surface area (Å²) in [6.07, 6.45) is 7.70. The molecule has 2 saturated heterocycles. The summed E-state index contributed by atoms with van der Waals surface area (Å²) in [5.74, 6) is 1.41. The van der Waals surface area contributed by atoms with E-state index in [9.17, 15) is 0 Å². The summed E-state index contributed by atoms with van der Waals surface area (Å²) in [6.45, 7) is 8.36. The molecule has 0 aliphatic carbocycles. The number of nitrogens with one attached hydrogen (secondary N) is 1. The van der Waals surface area contributed by atoms with Gasteiger partial charge in [0.05, 0.1) is 44.0 Å². The summed E-state index contributed by atoms with van der Waals surface area (Å²) in [7, 11) is 1.65. The minimum Gasteiger partial charge on any atom is -0.493 e. The molecule has 1 N–H and O–H groups in total. The third kappa shape index (κ3) is 3.46. The molecule has 6 heterocycles. The van der Waals surface area contributed by atoms with E-state index in [1.165, 1.54) is 11.9 Å². The molecular weight excluding hydrogens is 418 g/mol. The van der Waals surface area contributed by atoms with Gasteiger partial charge in [0.25, 0.3) is 0 Å². The van der Waals surface area contributed by atoms with Crippen LogP contribution in [-0.4, -0.2) is 73.9 Å². The lowest BCUT2D eigenvalue weighted by atomic mass is 9.92. The average molecular weight is 448 g/mol. The molecule has 33 heavy (non-hydrogen) atoms. The molecule has 2 aliphatic heterocycles. The summed E-state index contributed by atoms with van der Waals surface area (Å²) < 4.78 is 12.7. The van der Waals surface area contributed by atoms with Crippen LogP contribution in [0.15, 0.2) is 24.8 Å². The lowest BCUT2D eigenvalue weighted by Crippen LogP contribution is -2.51. The lowest BCUT2D eigenvalue weighted by molar-refractivity contribution is -0.0713.